The number of aliphatic carboxylic acids is 1. The molecule has 1 aliphatic carbocycles. The predicted molar refractivity (Wildman–Crippen MR) is 116 cm³/mol. The average Bonchev–Trinajstić information content (AvgIpc) is 3.40. The number of aromatic nitrogens is 3. The summed E-state index contributed by atoms with van der Waals surface area (Å²) in [4.78, 5) is 19.8. The standard InChI is InChI=1S/C22H23ClN4O4/c1-12(2)30-21-18(23)10-15(11-24-21)20-26-19(27-31-20)13-3-6-16(7-4-13)25-17-8-5-14(9-17)22(28)29/h3-4,6-7,10-12,14,17,25H,5,8-9H2,1-2H3,(H,28,29)/t14-,17+/m0/s1. The summed E-state index contributed by atoms with van der Waals surface area (Å²) >= 11 is 6.24. The van der Waals surface area contributed by atoms with Gasteiger partial charge in [-0.2, -0.15) is 4.98 Å². The molecule has 31 heavy (non-hydrogen) atoms. The van der Waals surface area contributed by atoms with Crippen LogP contribution in [0.4, 0.5) is 5.69 Å². The van der Waals surface area contributed by atoms with Gasteiger partial charge in [-0.15, -0.1) is 0 Å². The van der Waals surface area contributed by atoms with Gasteiger partial charge in [0.2, 0.25) is 11.7 Å². The Hall–Kier alpha value is -3.13. The number of ether oxygens (including phenoxy) is 1. The summed E-state index contributed by atoms with van der Waals surface area (Å²) in [5.41, 5.74) is 2.33. The van der Waals surface area contributed by atoms with Gasteiger partial charge >= 0.3 is 5.97 Å². The number of nitrogens with one attached hydrogen (secondary N) is 1. The van der Waals surface area contributed by atoms with Crippen molar-refractivity contribution in [3.63, 3.8) is 0 Å². The Morgan fingerprint density at radius 1 is 1.26 bits per heavy atom. The van der Waals surface area contributed by atoms with Gasteiger partial charge in [-0.1, -0.05) is 16.8 Å². The highest BCUT2D eigenvalue weighted by molar-refractivity contribution is 6.32. The van der Waals surface area contributed by atoms with Crippen molar-refractivity contribution in [3.8, 4) is 28.7 Å². The Kier molecular flexibility index (Phi) is 6.08. The SMILES string of the molecule is CC(C)Oc1ncc(-c2nc(-c3ccc(N[C@@H]4CC[C@H](C(=O)O)C4)cc3)no2)cc1Cl. The lowest BCUT2D eigenvalue weighted by atomic mass is 10.1. The van der Waals surface area contributed by atoms with Gasteiger partial charge in [-0.25, -0.2) is 4.98 Å². The third-order valence-corrected chi connectivity index (χ3v) is 5.39. The van der Waals surface area contributed by atoms with E-state index in [-0.39, 0.29) is 18.1 Å². The van der Waals surface area contributed by atoms with E-state index in [0.29, 0.717) is 41.0 Å². The van der Waals surface area contributed by atoms with Crippen molar-refractivity contribution in [2.24, 2.45) is 5.92 Å². The van der Waals surface area contributed by atoms with Crippen LogP contribution in [0.3, 0.4) is 0 Å². The zero-order valence-corrected chi connectivity index (χ0v) is 18.0. The van der Waals surface area contributed by atoms with Crippen LogP contribution in [-0.4, -0.2) is 38.3 Å². The molecule has 0 aliphatic heterocycles. The minimum atomic E-state index is -0.717. The second kappa shape index (κ2) is 8.93. The monoisotopic (exact) mass is 442 g/mol. The Bertz CT molecular complexity index is 1070. The Labute approximate surface area is 184 Å². The fraction of sp³-hybridized carbons (Fsp3) is 0.364. The second-order valence-corrected chi connectivity index (χ2v) is 8.27. The topological polar surface area (TPSA) is 110 Å². The number of hydrogen-bond donors (Lipinski definition) is 2. The van der Waals surface area contributed by atoms with Gasteiger partial charge < -0.3 is 19.7 Å². The van der Waals surface area contributed by atoms with Crippen LogP contribution in [0.5, 0.6) is 5.88 Å². The van der Waals surface area contributed by atoms with Crippen LogP contribution in [0.2, 0.25) is 5.02 Å². The molecule has 1 saturated carbocycles. The molecule has 9 heteroatoms. The second-order valence-electron chi connectivity index (χ2n) is 7.87. The van der Waals surface area contributed by atoms with Gasteiger partial charge in [-0.05, 0) is 63.4 Å². The van der Waals surface area contributed by atoms with Gasteiger partial charge in [0.25, 0.3) is 5.89 Å². The summed E-state index contributed by atoms with van der Waals surface area (Å²) in [5, 5.41) is 17.0. The fourth-order valence-corrected chi connectivity index (χ4v) is 3.81. The molecule has 0 saturated heterocycles. The fourth-order valence-electron chi connectivity index (χ4n) is 3.60. The zero-order chi connectivity index (χ0) is 22.0. The number of halogens is 1. The number of nitrogens with zero attached hydrogens (tertiary/aromatic N) is 3. The molecule has 1 fully saturated rings. The zero-order valence-electron chi connectivity index (χ0n) is 17.2. The summed E-state index contributed by atoms with van der Waals surface area (Å²) in [6.07, 6.45) is 3.75. The van der Waals surface area contributed by atoms with Crippen molar-refractivity contribution in [3.05, 3.63) is 41.6 Å². The normalized spacial score (nSPS) is 18.3. The quantitative estimate of drug-likeness (QED) is 0.531. The van der Waals surface area contributed by atoms with Crippen molar-refractivity contribution in [2.45, 2.75) is 45.3 Å². The van der Waals surface area contributed by atoms with Crippen molar-refractivity contribution >= 4 is 23.3 Å². The lowest BCUT2D eigenvalue weighted by molar-refractivity contribution is -0.141. The number of carboxylic acids is 1. The van der Waals surface area contributed by atoms with Crippen LogP contribution in [0.1, 0.15) is 33.1 Å². The Morgan fingerprint density at radius 3 is 2.68 bits per heavy atom. The highest BCUT2D eigenvalue weighted by Crippen LogP contribution is 2.31. The van der Waals surface area contributed by atoms with Crippen LogP contribution < -0.4 is 10.1 Å². The number of carbonyl (C=O) groups is 1. The van der Waals surface area contributed by atoms with E-state index in [1.807, 2.05) is 38.1 Å². The van der Waals surface area contributed by atoms with Crippen LogP contribution >= 0.6 is 11.6 Å². The van der Waals surface area contributed by atoms with Gasteiger partial charge in [0.05, 0.1) is 17.6 Å². The van der Waals surface area contributed by atoms with E-state index in [4.69, 9.17) is 26.0 Å². The highest BCUT2D eigenvalue weighted by atomic mass is 35.5. The summed E-state index contributed by atoms with van der Waals surface area (Å²) in [6, 6.07) is 9.49. The first-order valence-corrected chi connectivity index (χ1v) is 10.5. The number of hydrogen-bond acceptors (Lipinski definition) is 7. The summed E-state index contributed by atoms with van der Waals surface area (Å²) in [7, 11) is 0. The molecule has 0 radical (unpaired) electrons. The van der Waals surface area contributed by atoms with Gasteiger partial charge in [0.1, 0.15) is 5.02 Å². The molecule has 162 valence electrons. The maximum atomic E-state index is 11.1. The van der Waals surface area contributed by atoms with E-state index in [9.17, 15) is 4.79 Å². The molecule has 0 amide bonds. The highest BCUT2D eigenvalue weighted by Gasteiger charge is 2.29. The summed E-state index contributed by atoms with van der Waals surface area (Å²) in [5.74, 6) is 0.148. The molecule has 0 unspecified atom stereocenters. The maximum absolute atomic E-state index is 11.1. The van der Waals surface area contributed by atoms with E-state index < -0.39 is 5.97 Å². The molecule has 4 rings (SSSR count). The lowest BCUT2D eigenvalue weighted by Crippen LogP contribution is -2.17. The van der Waals surface area contributed by atoms with Gasteiger partial charge in [-0.3, -0.25) is 4.79 Å². The summed E-state index contributed by atoms with van der Waals surface area (Å²) < 4.78 is 10.9. The molecule has 0 spiro atoms. The molecule has 2 N–H and O–H groups in total. The van der Waals surface area contributed by atoms with E-state index in [0.717, 1.165) is 17.7 Å². The van der Waals surface area contributed by atoms with Gasteiger partial charge in [0, 0.05) is 23.5 Å². The van der Waals surface area contributed by atoms with Crippen molar-refractivity contribution in [1.82, 2.24) is 15.1 Å². The molecule has 8 nitrogen and oxygen atoms in total. The van der Waals surface area contributed by atoms with Gasteiger partial charge in [0.15, 0.2) is 0 Å². The van der Waals surface area contributed by atoms with E-state index >= 15 is 0 Å². The van der Waals surface area contributed by atoms with Crippen LogP contribution in [0.15, 0.2) is 41.1 Å². The first-order valence-electron chi connectivity index (χ1n) is 10.1. The molecule has 3 aromatic rings. The van der Waals surface area contributed by atoms with E-state index in [2.05, 4.69) is 20.4 Å². The molecule has 2 atom stereocenters. The minimum Gasteiger partial charge on any atom is -0.481 e. The molecule has 2 heterocycles. The Morgan fingerprint density at radius 2 is 2.03 bits per heavy atom. The number of pyridine rings is 1. The number of anilines is 1. The molecular formula is C22H23ClN4O4. The van der Waals surface area contributed by atoms with Crippen LogP contribution in [-0.2, 0) is 4.79 Å². The number of rotatable bonds is 7. The van der Waals surface area contributed by atoms with Crippen LogP contribution in [0.25, 0.3) is 22.8 Å². The minimum absolute atomic E-state index is 0.0319. The third kappa shape index (κ3) is 4.96. The molecule has 1 aliphatic rings. The third-order valence-electron chi connectivity index (χ3n) is 5.12. The van der Waals surface area contributed by atoms with Crippen molar-refractivity contribution in [1.29, 1.82) is 0 Å². The first-order chi connectivity index (χ1) is 14.9. The number of benzene rings is 1. The van der Waals surface area contributed by atoms with E-state index in [1.54, 1.807) is 12.3 Å². The van der Waals surface area contributed by atoms with Crippen molar-refractivity contribution < 1.29 is 19.2 Å². The predicted octanol–water partition coefficient (Wildman–Crippen LogP) is 4.90. The smallest absolute Gasteiger partial charge is 0.306 e. The van der Waals surface area contributed by atoms with Crippen molar-refractivity contribution in [2.75, 3.05) is 5.32 Å². The molecule has 0 bridgehead atoms. The maximum Gasteiger partial charge on any atom is 0.306 e. The largest absolute Gasteiger partial charge is 0.481 e. The average molecular weight is 443 g/mol. The summed E-state index contributed by atoms with van der Waals surface area (Å²) in [6.45, 7) is 3.80. The molecule has 1 aromatic carbocycles. The lowest BCUT2D eigenvalue weighted by Gasteiger charge is -2.14. The Balaban J connectivity index is 1.43. The first kappa shape index (κ1) is 21.1. The number of carboxylic acid groups (broad SMARTS) is 1. The molecular weight excluding hydrogens is 420 g/mol. The molecule has 2 aromatic heterocycles. The van der Waals surface area contributed by atoms with E-state index in [1.165, 1.54) is 0 Å². The van der Waals surface area contributed by atoms with Crippen LogP contribution in [0, 0.1) is 5.92 Å².